The van der Waals surface area contributed by atoms with E-state index in [-0.39, 0.29) is 17.3 Å². The molecule has 2 rings (SSSR count). The van der Waals surface area contributed by atoms with Gasteiger partial charge in [-0.05, 0) is 18.9 Å². The number of aliphatic carboxylic acids is 1. The zero-order chi connectivity index (χ0) is 17.3. The number of hydrogen-bond donors (Lipinski definition) is 2. The molecule has 1 atom stereocenters. The number of nitrogens with zero attached hydrogens (tertiary/aromatic N) is 3. The first-order valence-electron chi connectivity index (χ1n) is 6.89. The number of nitro groups is 1. The summed E-state index contributed by atoms with van der Waals surface area (Å²) in [6, 6.07) is 1.66. The minimum absolute atomic E-state index is 0.0793. The maximum Gasteiger partial charge on any atom is 0.326 e. The van der Waals surface area contributed by atoms with Crippen molar-refractivity contribution < 1.29 is 19.6 Å². The Morgan fingerprint density at radius 2 is 2.04 bits per heavy atom. The zero-order valence-electron chi connectivity index (χ0n) is 12.8. The number of nitrogens with one attached hydrogen (secondary N) is 1. The number of aromatic nitrogens is 2. The van der Waals surface area contributed by atoms with Crippen LogP contribution in [0.1, 0.15) is 30.0 Å². The Labute approximate surface area is 131 Å². The molecule has 0 bridgehead atoms. The van der Waals surface area contributed by atoms with Crippen molar-refractivity contribution in [2.45, 2.75) is 26.8 Å². The summed E-state index contributed by atoms with van der Waals surface area (Å²) >= 11 is 0. The summed E-state index contributed by atoms with van der Waals surface area (Å²) in [7, 11) is 0. The second kappa shape index (κ2) is 6.03. The summed E-state index contributed by atoms with van der Waals surface area (Å²) in [4.78, 5) is 38.1. The van der Waals surface area contributed by atoms with E-state index in [9.17, 15) is 19.7 Å². The SMILES string of the molecule is Cc1nc2ccc([N+](=O)[O-])cn2c1C(=O)NC(C(=O)O)C(C)C. The Morgan fingerprint density at radius 1 is 1.39 bits per heavy atom. The second-order valence-corrected chi connectivity index (χ2v) is 5.45. The van der Waals surface area contributed by atoms with E-state index in [1.807, 2.05) is 0 Å². The molecule has 0 aliphatic heterocycles. The summed E-state index contributed by atoms with van der Waals surface area (Å²) < 4.78 is 1.29. The van der Waals surface area contributed by atoms with Gasteiger partial charge in [0.1, 0.15) is 17.4 Å². The van der Waals surface area contributed by atoms with Crippen LogP contribution in [-0.4, -0.2) is 37.3 Å². The average Bonchev–Trinajstić information content (AvgIpc) is 2.78. The Kier molecular flexibility index (Phi) is 4.30. The number of amides is 1. The molecule has 0 saturated carbocycles. The number of carboxylic acids is 1. The van der Waals surface area contributed by atoms with E-state index < -0.39 is 22.8 Å². The molecule has 0 spiro atoms. The van der Waals surface area contributed by atoms with Crippen molar-refractivity contribution in [3.8, 4) is 0 Å². The molecule has 0 saturated heterocycles. The number of pyridine rings is 1. The molecule has 122 valence electrons. The Bertz CT molecular complexity index is 796. The fraction of sp³-hybridized carbons (Fsp3) is 0.357. The Morgan fingerprint density at radius 3 is 2.57 bits per heavy atom. The van der Waals surface area contributed by atoms with Gasteiger partial charge in [-0.25, -0.2) is 9.78 Å². The average molecular weight is 320 g/mol. The lowest BCUT2D eigenvalue weighted by atomic mass is 10.0. The molecule has 0 aliphatic rings. The zero-order valence-corrected chi connectivity index (χ0v) is 12.8. The van der Waals surface area contributed by atoms with Crippen LogP contribution in [0.2, 0.25) is 0 Å². The van der Waals surface area contributed by atoms with Gasteiger partial charge in [0.25, 0.3) is 11.6 Å². The molecule has 9 heteroatoms. The molecule has 23 heavy (non-hydrogen) atoms. The van der Waals surface area contributed by atoms with Crippen molar-refractivity contribution in [3.63, 3.8) is 0 Å². The number of carbonyl (C=O) groups excluding carboxylic acids is 1. The number of carbonyl (C=O) groups is 2. The van der Waals surface area contributed by atoms with Gasteiger partial charge in [0.2, 0.25) is 0 Å². The molecule has 2 heterocycles. The summed E-state index contributed by atoms with van der Waals surface area (Å²) in [5, 5.41) is 22.5. The van der Waals surface area contributed by atoms with Crippen molar-refractivity contribution in [2.75, 3.05) is 0 Å². The third kappa shape index (κ3) is 3.12. The minimum atomic E-state index is -1.15. The molecule has 1 amide bonds. The smallest absolute Gasteiger partial charge is 0.326 e. The van der Waals surface area contributed by atoms with Gasteiger partial charge in [-0.2, -0.15) is 0 Å². The molecule has 0 radical (unpaired) electrons. The Hall–Kier alpha value is -2.97. The van der Waals surface area contributed by atoms with Gasteiger partial charge < -0.3 is 10.4 Å². The lowest BCUT2D eigenvalue weighted by Crippen LogP contribution is -2.44. The predicted molar refractivity (Wildman–Crippen MR) is 80.3 cm³/mol. The maximum atomic E-state index is 12.4. The number of aryl methyl sites for hydroxylation is 1. The summed E-state index contributed by atoms with van der Waals surface area (Å²) in [6.07, 6.45) is 1.19. The van der Waals surface area contributed by atoms with Gasteiger partial charge in [0.05, 0.1) is 16.8 Å². The summed E-state index contributed by atoms with van der Waals surface area (Å²) in [6.45, 7) is 4.93. The van der Waals surface area contributed by atoms with Gasteiger partial charge in [0, 0.05) is 6.07 Å². The molecule has 0 aromatic carbocycles. The van der Waals surface area contributed by atoms with Gasteiger partial charge in [0.15, 0.2) is 0 Å². The lowest BCUT2D eigenvalue weighted by Gasteiger charge is -2.17. The molecule has 0 aliphatic carbocycles. The van der Waals surface area contributed by atoms with Crippen LogP contribution in [-0.2, 0) is 4.79 Å². The number of hydrogen-bond acceptors (Lipinski definition) is 5. The number of fused-ring (bicyclic) bond motifs is 1. The van der Waals surface area contributed by atoms with E-state index in [1.54, 1.807) is 20.8 Å². The standard InChI is InChI=1S/C14H16N4O5/c1-7(2)11(14(20)21)16-13(19)12-8(3)15-10-5-4-9(18(22)23)6-17(10)12/h4-7,11H,1-3H3,(H,16,19)(H,20,21). The second-order valence-electron chi connectivity index (χ2n) is 5.45. The Balaban J connectivity index is 2.47. The highest BCUT2D eigenvalue weighted by Gasteiger charge is 2.27. The van der Waals surface area contributed by atoms with E-state index in [4.69, 9.17) is 5.11 Å². The van der Waals surface area contributed by atoms with E-state index >= 15 is 0 Å². The van der Waals surface area contributed by atoms with E-state index in [1.165, 1.54) is 22.7 Å². The van der Waals surface area contributed by atoms with Gasteiger partial charge in [-0.1, -0.05) is 13.8 Å². The van der Waals surface area contributed by atoms with Crippen molar-refractivity contribution in [3.05, 3.63) is 39.8 Å². The highest BCUT2D eigenvalue weighted by atomic mass is 16.6. The quantitative estimate of drug-likeness (QED) is 0.633. The fourth-order valence-electron chi connectivity index (χ4n) is 2.26. The van der Waals surface area contributed by atoms with E-state index in [0.29, 0.717) is 11.3 Å². The van der Waals surface area contributed by atoms with Crippen molar-refractivity contribution in [1.82, 2.24) is 14.7 Å². The molecule has 2 aromatic rings. The van der Waals surface area contributed by atoms with Crippen molar-refractivity contribution in [1.29, 1.82) is 0 Å². The normalized spacial score (nSPS) is 12.3. The van der Waals surface area contributed by atoms with Crippen LogP contribution in [0, 0.1) is 23.0 Å². The first-order chi connectivity index (χ1) is 10.7. The molecule has 2 aromatic heterocycles. The number of imidazole rings is 1. The van der Waals surface area contributed by atoms with E-state index in [0.717, 1.165) is 0 Å². The molecule has 0 fully saturated rings. The van der Waals surface area contributed by atoms with E-state index in [2.05, 4.69) is 10.3 Å². The van der Waals surface area contributed by atoms with Crippen LogP contribution in [0.15, 0.2) is 18.3 Å². The summed E-state index contributed by atoms with van der Waals surface area (Å²) in [5.41, 5.74) is 0.615. The highest BCUT2D eigenvalue weighted by Crippen LogP contribution is 2.18. The van der Waals surface area contributed by atoms with Crippen LogP contribution in [0.5, 0.6) is 0 Å². The van der Waals surface area contributed by atoms with Gasteiger partial charge in [-0.15, -0.1) is 0 Å². The number of carboxylic acid groups (broad SMARTS) is 1. The fourth-order valence-corrected chi connectivity index (χ4v) is 2.26. The number of rotatable bonds is 5. The molecular weight excluding hydrogens is 304 g/mol. The minimum Gasteiger partial charge on any atom is -0.480 e. The van der Waals surface area contributed by atoms with Crippen molar-refractivity contribution >= 4 is 23.2 Å². The van der Waals surface area contributed by atoms with Crippen LogP contribution >= 0.6 is 0 Å². The van der Waals surface area contributed by atoms with Crippen LogP contribution in [0.3, 0.4) is 0 Å². The predicted octanol–water partition coefficient (Wildman–Crippen LogP) is 1.39. The van der Waals surface area contributed by atoms with Crippen LogP contribution < -0.4 is 5.32 Å². The van der Waals surface area contributed by atoms with Crippen LogP contribution in [0.25, 0.3) is 5.65 Å². The first kappa shape index (κ1) is 16.4. The first-order valence-corrected chi connectivity index (χ1v) is 6.89. The molecule has 1 unspecified atom stereocenters. The highest BCUT2D eigenvalue weighted by molar-refractivity contribution is 5.97. The van der Waals surface area contributed by atoms with Crippen molar-refractivity contribution in [2.24, 2.45) is 5.92 Å². The third-order valence-electron chi connectivity index (χ3n) is 3.42. The topological polar surface area (TPSA) is 127 Å². The molecule has 2 N–H and O–H groups in total. The van der Waals surface area contributed by atoms with Crippen LogP contribution in [0.4, 0.5) is 5.69 Å². The largest absolute Gasteiger partial charge is 0.480 e. The molecule has 9 nitrogen and oxygen atoms in total. The van der Waals surface area contributed by atoms with Gasteiger partial charge >= 0.3 is 5.97 Å². The monoisotopic (exact) mass is 320 g/mol. The summed E-state index contributed by atoms with van der Waals surface area (Å²) in [5.74, 6) is -2.10. The molecular formula is C14H16N4O5. The maximum absolute atomic E-state index is 12.4. The lowest BCUT2D eigenvalue weighted by molar-refractivity contribution is -0.385. The van der Waals surface area contributed by atoms with Gasteiger partial charge in [-0.3, -0.25) is 19.3 Å². The third-order valence-corrected chi connectivity index (χ3v) is 3.42.